The van der Waals surface area contributed by atoms with Gasteiger partial charge in [-0.3, -0.25) is 9.69 Å². The molecule has 1 heterocycles. The van der Waals surface area contributed by atoms with E-state index in [4.69, 9.17) is 4.74 Å². The molecule has 0 atom stereocenters. The normalized spacial score (nSPS) is 15.7. The number of ether oxygens (including phenoxy) is 1. The highest BCUT2D eigenvalue weighted by atomic mass is 32.2. The third-order valence-corrected chi connectivity index (χ3v) is 7.05. The van der Waals surface area contributed by atoms with E-state index in [-0.39, 0.29) is 5.91 Å². The maximum absolute atomic E-state index is 12.5. The third-order valence-electron chi connectivity index (χ3n) is 4.98. The summed E-state index contributed by atoms with van der Waals surface area (Å²) in [4.78, 5) is 14.7. The number of carbonyl (C=O) groups excluding carboxylic acids is 1. The van der Waals surface area contributed by atoms with Crippen molar-refractivity contribution in [2.75, 3.05) is 52.5 Å². The topological polar surface area (TPSA) is 79.0 Å². The SMILES string of the molecule is CCN(CC)S(=O)(=O)c1ccc(CCC(=O)NCCCN2CCOCC2)cc1. The highest BCUT2D eigenvalue weighted by Crippen LogP contribution is 2.16. The summed E-state index contributed by atoms with van der Waals surface area (Å²) >= 11 is 0. The molecular formula is C20H33N3O4S. The van der Waals surface area contributed by atoms with E-state index in [1.54, 1.807) is 24.3 Å². The molecule has 0 radical (unpaired) electrons. The molecule has 1 aliphatic heterocycles. The van der Waals surface area contributed by atoms with E-state index in [2.05, 4.69) is 10.2 Å². The van der Waals surface area contributed by atoms with Crippen LogP contribution < -0.4 is 5.32 Å². The summed E-state index contributed by atoms with van der Waals surface area (Å²) in [6, 6.07) is 6.84. The van der Waals surface area contributed by atoms with Gasteiger partial charge < -0.3 is 10.1 Å². The minimum atomic E-state index is -3.43. The van der Waals surface area contributed by atoms with Gasteiger partial charge in [0.15, 0.2) is 0 Å². The first kappa shape index (κ1) is 22.8. The number of carbonyl (C=O) groups is 1. The molecule has 1 saturated heterocycles. The van der Waals surface area contributed by atoms with Crippen molar-refractivity contribution in [3.05, 3.63) is 29.8 Å². The quantitative estimate of drug-likeness (QED) is 0.558. The molecule has 2 rings (SSSR count). The van der Waals surface area contributed by atoms with E-state index in [0.29, 0.717) is 37.4 Å². The average molecular weight is 412 g/mol. The number of hydrogen-bond donors (Lipinski definition) is 1. The van der Waals surface area contributed by atoms with Crippen LogP contribution >= 0.6 is 0 Å². The zero-order chi connectivity index (χ0) is 20.4. The highest BCUT2D eigenvalue weighted by molar-refractivity contribution is 7.89. The van der Waals surface area contributed by atoms with Crippen LogP contribution in [0.25, 0.3) is 0 Å². The molecule has 1 aromatic rings. The van der Waals surface area contributed by atoms with Gasteiger partial charge in [0.1, 0.15) is 0 Å². The molecule has 0 spiro atoms. The van der Waals surface area contributed by atoms with E-state index >= 15 is 0 Å². The van der Waals surface area contributed by atoms with Crippen molar-refractivity contribution in [1.29, 1.82) is 0 Å². The maximum Gasteiger partial charge on any atom is 0.243 e. The number of nitrogens with zero attached hydrogens (tertiary/aromatic N) is 2. The number of nitrogens with one attached hydrogen (secondary N) is 1. The van der Waals surface area contributed by atoms with Crippen molar-refractivity contribution >= 4 is 15.9 Å². The monoisotopic (exact) mass is 411 g/mol. The zero-order valence-corrected chi connectivity index (χ0v) is 17.8. The second kappa shape index (κ2) is 11.5. The van der Waals surface area contributed by atoms with Crippen LogP contribution in [0.5, 0.6) is 0 Å². The van der Waals surface area contributed by atoms with Crippen LogP contribution in [-0.2, 0) is 26.0 Å². The number of aryl methyl sites for hydroxylation is 1. The Balaban J connectivity index is 1.71. The van der Waals surface area contributed by atoms with Crippen LogP contribution in [0.3, 0.4) is 0 Å². The molecule has 0 bridgehead atoms. The van der Waals surface area contributed by atoms with E-state index in [1.807, 2.05) is 13.8 Å². The average Bonchev–Trinajstić information content (AvgIpc) is 2.71. The first-order valence-electron chi connectivity index (χ1n) is 10.1. The van der Waals surface area contributed by atoms with Crippen molar-refractivity contribution in [2.24, 2.45) is 0 Å². The van der Waals surface area contributed by atoms with Crippen LogP contribution in [-0.4, -0.2) is 76.0 Å². The summed E-state index contributed by atoms with van der Waals surface area (Å²) in [5, 5.41) is 2.96. The lowest BCUT2D eigenvalue weighted by Crippen LogP contribution is -2.38. The Hall–Kier alpha value is -1.48. The summed E-state index contributed by atoms with van der Waals surface area (Å²) in [6.07, 6.45) is 1.93. The molecule has 1 aromatic carbocycles. The van der Waals surface area contributed by atoms with Crippen molar-refractivity contribution in [2.45, 2.75) is 38.0 Å². The highest BCUT2D eigenvalue weighted by Gasteiger charge is 2.21. The number of sulfonamides is 1. The van der Waals surface area contributed by atoms with E-state index in [0.717, 1.165) is 44.8 Å². The van der Waals surface area contributed by atoms with E-state index < -0.39 is 10.0 Å². The molecule has 1 fully saturated rings. The number of hydrogen-bond acceptors (Lipinski definition) is 5. The van der Waals surface area contributed by atoms with Gasteiger partial charge in [-0.25, -0.2) is 8.42 Å². The second-order valence-corrected chi connectivity index (χ2v) is 8.83. The Kier molecular flexibility index (Phi) is 9.37. The fourth-order valence-corrected chi connectivity index (χ4v) is 4.70. The molecule has 0 aromatic heterocycles. The van der Waals surface area contributed by atoms with Gasteiger partial charge in [0.25, 0.3) is 0 Å². The Morgan fingerprint density at radius 1 is 1.14 bits per heavy atom. The lowest BCUT2D eigenvalue weighted by molar-refractivity contribution is -0.121. The van der Waals surface area contributed by atoms with Gasteiger partial charge in [-0.1, -0.05) is 26.0 Å². The minimum absolute atomic E-state index is 0.0295. The molecule has 1 aliphatic rings. The van der Waals surface area contributed by atoms with Crippen molar-refractivity contribution in [3.8, 4) is 0 Å². The summed E-state index contributed by atoms with van der Waals surface area (Å²) < 4.78 is 31.7. The van der Waals surface area contributed by atoms with Crippen molar-refractivity contribution < 1.29 is 17.9 Å². The Morgan fingerprint density at radius 3 is 2.39 bits per heavy atom. The fourth-order valence-electron chi connectivity index (χ4n) is 3.24. The lowest BCUT2D eigenvalue weighted by atomic mass is 10.1. The molecular weight excluding hydrogens is 378 g/mol. The van der Waals surface area contributed by atoms with Crippen LogP contribution in [0.2, 0.25) is 0 Å². The Labute approximate surface area is 169 Å². The molecule has 0 aliphatic carbocycles. The number of morpholine rings is 1. The van der Waals surface area contributed by atoms with Gasteiger partial charge in [-0.15, -0.1) is 0 Å². The molecule has 28 heavy (non-hydrogen) atoms. The molecule has 0 saturated carbocycles. The fraction of sp³-hybridized carbons (Fsp3) is 0.650. The zero-order valence-electron chi connectivity index (χ0n) is 17.0. The van der Waals surface area contributed by atoms with Gasteiger partial charge in [0.05, 0.1) is 18.1 Å². The largest absolute Gasteiger partial charge is 0.379 e. The van der Waals surface area contributed by atoms with E-state index in [1.165, 1.54) is 4.31 Å². The molecule has 0 unspecified atom stereocenters. The maximum atomic E-state index is 12.5. The lowest BCUT2D eigenvalue weighted by Gasteiger charge is -2.26. The Morgan fingerprint density at radius 2 is 1.79 bits per heavy atom. The Bertz CT molecular complexity index is 697. The van der Waals surface area contributed by atoms with Crippen LogP contribution in [0.1, 0.15) is 32.3 Å². The summed E-state index contributed by atoms with van der Waals surface area (Å²) in [6.45, 7) is 9.73. The summed E-state index contributed by atoms with van der Waals surface area (Å²) in [5.74, 6) is 0.0295. The molecule has 1 amide bonds. The third kappa shape index (κ3) is 6.84. The number of benzene rings is 1. The molecule has 1 N–H and O–H groups in total. The predicted octanol–water partition coefficient (Wildman–Crippen LogP) is 1.49. The number of amides is 1. The van der Waals surface area contributed by atoms with Gasteiger partial charge >= 0.3 is 0 Å². The predicted molar refractivity (Wildman–Crippen MR) is 110 cm³/mol. The van der Waals surface area contributed by atoms with Crippen LogP contribution in [0, 0.1) is 0 Å². The second-order valence-electron chi connectivity index (χ2n) is 6.89. The van der Waals surface area contributed by atoms with Crippen molar-refractivity contribution in [1.82, 2.24) is 14.5 Å². The van der Waals surface area contributed by atoms with Crippen LogP contribution in [0.4, 0.5) is 0 Å². The minimum Gasteiger partial charge on any atom is -0.379 e. The van der Waals surface area contributed by atoms with Gasteiger partial charge in [-0.05, 0) is 37.1 Å². The molecule has 158 valence electrons. The van der Waals surface area contributed by atoms with Gasteiger partial charge in [-0.2, -0.15) is 4.31 Å². The van der Waals surface area contributed by atoms with E-state index in [9.17, 15) is 13.2 Å². The molecule has 7 nitrogen and oxygen atoms in total. The van der Waals surface area contributed by atoms with Crippen LogP contribution in [0.15, 0.2) is 29.2 Å². The summed E-state index contributed by atoms with van der Waals surface area (Å²) in [7, 11) is -3.43. The standard InChI is InChI=1S/C20H33N3O4S/c1-3-23(4-2)28(25,26)19-9-6-18(7-10-19)8-11-20(24)21-12-5-13-22-14-16-27-17-15-22/h6-7,9-10H,3-5,8,11-17H2,1-2H3,(H,21,24). The first-order valence-corrected chi connectivity index (χ1v) is 11.6. The van der Waals surface area contributed by atoms with Gasteiger partial charge in [0.2, 0.25) is 15.9 Å². The smallest absolute Gasteiger partial charge is 0.243 e. The number of rotatable bonds is 11. The first-order chi connectivity index (χ1) is 13.5. The van der Waals surface area contributed by atoms with Crippen molar-refractivity contribution in [3.63, 3.8) is 0 Å². The summed E-state index contributed by atoms with van der Waals surface area (Å²) in [5.41, 5.74) is 0.960. The molecule has 8 heteroatoms. The van der Waals surface area contributed by atoms with Gasteiger partial charge in [0, 0.05) is 39.1 Å².